The van der Waals surface area contributed by atoms with E-state index in [0.29, 0.717) is 6.61 Å². The van der Waals surface area contributed by atoms with Crippen LogP contribution in [-0.4, -0.2) is 42.9 Å². The van der Waals surface area contributed by atoms with Gasteiger partial charge in [0.25, 0.3) is 0 Å². The smallest absolute Gasteiger partial charge is 0.418 e. The topological polar surface area (TPSA) is 54.0 Å². The lowest BCUT2D eigenvalue weighted by Crippen LogP contribution is -2.60. The van der Waals surface area contributed by atoms with Crippen LogP contribution in [0.1, 0.15) is 32.8 Å². The minimum atomic E-state index is -4.69. The summed E-state index contributed by atoms with van der Waals surface area (Å²) in [5.74, 6) is -2.28. The Morgan fingerprint density at radius 2 is 1.85 bits per heavy atom. The quantitative estimate of drug-likeness (QED) is 0.561. The number of carbonyl (C=O) groups excluding carboxylic acids is 1. The highest BCUT2D eigenvalue weighted by Crippen LogP contribution is 2.38. The Bertz CT molecular complexity index is 588. The summed E-state index contributed by atoms with van der Waals surface area (Å²) in [4.78, 5) is 11.3. The first-order valence-electron chi connectivity index (χ1n) is 8.30. The van der Waals surface area contributed by atoms with E-state index in [9.17, 15) is 18.0 Å². The molecule has 0 unspecified atom stereocenters. The fourth-order valence-electron chi connectivity index (χ4n) is 2.80. The van der Waals surface area contributed by atoms with Gasteiger partial charge in [0.1, 0.15) is 6.10 Å². The van der Waals surface area contributed by atoms with E-state index in [1.54, 1.807) is 0 Å². The van der Waals surface area contributed by atoms with Crippen LogP contribution in [0.25, 0.3) is 0 Å². The number of esters is 1. The molecule has 0 aromatic heterocycles. The summed E-state index contributed by atoms with van der Waals surface area (Å²) < 4.78 is 61.1. The van der Waals surface area contributed by atoms with Crippen molar-refractivity contribution >= 4 is 5.97 Å². The van der Waals surface area contributed by atoms with Gasteiger partial charge in [-0.25, -0.2) is 0 Å². The lowest BCUT2D eigenvalue weighted by Gasteiger charge is -2.45. The zero-order chi connectivity index (χ0) is 19.4. The molecule has 5 nitrogen and oxygen atoms in total. The molecule has 146 valence electrons. The molecule has 0 aliphatic carbocycles. The molecule has 1 aromatic rings. The summed E-state index contributed by atoms with van der Waals surface area (Å²) in [7, 11) is 0. The molecule has 8 heteroatoms. The van der Waals surface area contributed by atoms with E-state index in [4.69, 9.17) is 18.9 Å². The van der Waals surface area contributed by atoms with Gasteiger partial charge in [0.15, 0.2) is 18.0 Å². The van der Waals surface area contributed by atoms with Crippen molar-refractivity contribution in [3.05, 3.63) is 35.9 Å². The predicted octanol–water partition coefficient (Wildman–Crippen LogP) is 3.61. The number of benzene rings is 1. The molecule has 1 fully saturated rings. The van der Waals surface area contributed by atoms with Crippen LogP contribution in [0.4, 0.5) is 13.2 Å². The molecule has 0 amide bonds. The molecule has 26 heavy (non-hydrogen) atoms. The fraction of sp³-hybridized carbons (Fsp3) is 0.611. The van der Waals surface area contributed by atoms with Crippen LogP contribution in [0, 0.1) is 0 Å². The van der Waals surface area contributed by atoms with Gasteiger partial charge in [-0.2, -0.15) is 13.2 Å². The molecule has 2 rings (SSSR count). The van der Waals surface area contributed by atoms with Crippen molar-refractivity contribution in [3.63, 3.8) is 0 Å². The van der Waals surface area contributed by atoms with Gasteiger partial charge in [-0.1, -0.05) is 30.3 Å². The maximum Gasteiger partial charge on any atom is 0.418 e. The van der Waals surface area contributed by atoms with Gasteiger partial charge in [0, 0.05) is 20.0 Å². The van der Waals surface area contributed by atoms with Crippen molar-refractivity contribution in [1.82, 2.24) is 0 Å². The monoisotopic (exact) mass is 376 g/mol. The van der Waals surface area contributed by atoms with E-state index in [1.807, 2.05) is 30.3 Å². The third-order valence-corrected chi connectivity index (χ3v) is 3.79. The number of carbonyl (C=O) groups is 1. The third kappa shape index (κ3) is 5.96. The van der Waals surface area contributed by atoms with E-state index in [0.717, 1.165) is 12.5 Å². The Morgan fingerprint density at radius 3 is 2.42 bits per heavy atom. The largest absolute Gasteiger partial charge is 0.457 e. The third-order valence-electron chi connectivity index (χ3n) is 3.79. The van der Waals surface area contributed by atoms with Crippen LogP contribution in [0.2, 0.25) is 0 Å². The second-order valence-electron chi connectivity index (χ2n) is 6.54. The minimum Gasteiger partial charge on any atom is -0.457 e. The van der Waals surface area contributed by atoms with E-state index in [1.165, 1.54) is 13.8 Å². The normalized spacial score (nSPS) is 25.7. The number of hydrogen-bond acceptors (Lipinski definition) is 5. The minimum absolute atomic E-state index is 0.129. The van der Waals surface area contributed by atoms with Gasteiger partial charge in [-0.3, -0.25) is 4.79 Å². The summed E-state index contributed by atoms with van der Waals surface area (Å²) in [5, 5.41) is 0. The van der Waals surface area contributed by atoms with Crippen LogP contribution < -0.4 is 0 Å². The molecule has 0 bridgehead atoms. The number of alkyl halides is 3. The van der Waals surface area contributed by atoms with Crippen LogP contribution in [0.5, 0.6) is 0 Å². The highest BCUT2D eigenvalue weighted by Gasteiger charge is 2.56. The van der Waals surface area contributed by atoms with Crippen molar-refractivity contribution in [3.8, 4) is 0 Å². The number of hydrogen-bond donors (Lipinski definition) is 0. The van der Waals surface area contributed by atoms with Crippen molar-refractivity contribution < 1.29 is 36.9 Å². The van der Waals surface area contributed by atoms with Gasteiger partial charge in [-0.15, -0.1) is 0 Å². The molecule has 1 saturated heterocycles. The molecule has 1 heterocycles. The van der Waals surface area contributed by atoms with Crippen molar-refractivity contribution in [2.45, 2.75) is 64.1 Å². The van der Waals surface area contributed by atoms with E-state index in [-0.39, 0.29) is 13.0 Å². The summed E-state index contributed by atoms with van der Waals surface area (Å²) in [6.45, 7) is 4.32. The maximum absolute atomic E-state index is 13.4. The SMILES string of the molecule is CC(=O)O[C@H]1[C@H](CCOCc2ccccc2)OC(C)(C)O[C@@H]1C(F)(F)F. The molecule has 0 saturated carbocycles. The Balaban J connectivity index is 2.02. The van der Waals surface area contributed by atoms with Gasteiger partial charge in [0.05, 0.1) is 6.61 Å². The van der Waals surface area contributed by atoms with Crippen molar-refractivity contribution in [1.29, 1.82) is 0 Å². The Hall–Kier alpha value is -1.64. The highest BCUT2D eigenvalue weighted by molar-refractivity contribution is 5.66. The molecule has 1 aliphatic rings. The molecule has 1 aromatic carbocycles. The molecular weight excluding hydrogens is 353 g/mol. The van der Waals surface area contributed by atoms with E-state index in [2.05, 4.69) is 0 Å². The molecule has 0 N–H and O–H groups in total. The zero-order valence-corrected chi connectivity index (χ0v) is 14.9. The fourth-order valence-corrected chi connectivity index (χ4v) is 2.80. The van der Waals surface area contributed by atoms with Crippen molar-refractivity contribution in [2.75, 3.05) is 6.61 Å². The van der Waals surface area contributed by atoms with Gasteiger partial charge in [0.2, 0.25) is 0 Å². The number of halogens is 3. The molecule has 1 aliphatic heterocycles. The lowest BCUT2D eigenvalue weighted by atomic mass is 10.0. The average molecular weight is 376 g/mol. The summed E-state index contributed by atoms with van der Waals surface area (Å²) >= 11 is 0. The summed E-state index contributed by atoms with van der Waals surface area (Å²) in [6, 6.07) is 9.38. The summed E-state index contributed by atoms with van der Waals surface area (Å²) in [6.07, 6.45) is -9.39. The average Bonchev–Trinajstić information content (AvgIpc) is 2.53. The van der Waals surface area contributed by atoms with Crippen LogP contribution in [0.15, 0.2) is 30.3 Å². The molecule has 3 atom stereocenters. The van der Waals surface area contributed by atoms with E-state index >= 15 is 0 Å². The predicted molar refractivity (Wildman–Crippen MR) is 86.1 cm³/mol. The lowest BCUT2D eigenvalue weighted by molar-refractivity contribution is -0.384. The standard InChI is InChI=1S/C18H23F3O5/c1-12(22)24-15-14(9-10-23-11-13-7-5-4-6-8-13)25-17(2,3)26-16(15)18(19,20)21/h4-8,14-16H,9-11H2,1-3H3/t14-,15-,16-/m0/s1. The van der Waals surface area contributed by atoms with Gasteiger partial charge in [-0.05, 0) is 19.4 Å². The zero-order valence-electron chi connectivity index (χ0n) is 14.9. The highest BCUT2D eigenvalue weighted by atomic mass is 19.4. The Labute approximate surface area is 150 Å². The first-order valence-corrected chi connectivity index (χ1v) is 8.30. The van der Waals surface area contributed by atoms with Crippen LogP contribution >= 0.6 is 0 Å². The number of rotatable bonds is 6. The van der Waals surface area contributed by atoms with E-state index < -0.39 is 36.2 Å². The van der Waals surface area contributed by atoms with Crippen molar-refractivity contribution in [2.24, 2.45) is 0 Å². The van der Waals surface area contributed by atoms with Gasteiger partial charge >= 0.3 is 12.1 Å². The second-order valence-corrected chi connectivity index (χ2v) is 6.54. The maximum atomic E-state index is 13.4. The second kappa shape index (κ2) is 8.37. The van der Waals surface area contributed by atoms with Crippen LogP contribution in [0.3, 0.4) is 0 Å². The summed E-state index contributed by atoms with van der Waals surface area (Å²) in [5.41, 5.74) is 0.949. The molecule has 0 radical (unpaired) electrons. The van der Waals surface area contributed by atoms with Gasteiger partial charge < -0.3 is 18.9 Å². The number of ether oxygens (including phenoxy) is 4. The first-order chi connectivity index (χ1) is 12.1. The molecular formula is C18H23F3O5. The molecule has 0 spiro atoms. The van der Waals surface area contributed by atoms with Crippen LogP contribution in [-0.2, 0) is 30.3 Å². The first kappa shape index (κ1) is 20.7. The Kier molecular flexibility index (Phi) is 6.65. The Morgan fingerprint density at radius 1 is 1.19 bits per heavy atom.